The molecule has 4 aromatic carbocycles. The molecule has 0 aliphatic carbocycles. The van der Waals surface area contributed by atoms with Crippen molar-refractivity contribution in [1.82, 2.24) is 0 Å². The standard InChI is InChI=1S/C30H26O/c1-3-29(27-21-13-11-19-25(27)23-15-7-5-8-16-23)31-30(4-2)28-22-14-12-20-26(28)24-17-9-6-10-18-24/h3-22,29-30H,1-2H2. The van der Waals surface area contributed by atoms with Crippen molar-refractivity contribution in [2.75, 3.05) is 0 Å². The van der Waals surface area contributed by atoms with Gasteiger partial charge in [0, 0.05) is 0 Å². The largest absolute Gasteiger partial charge is 0.357 e. The fraction of sp³-hybridized carbons (Fsp3) is 0.0667. The molecule has 0 amide bonds. The summed E-state index contributed by atoms with van der Waals surface area (Å²) in [6.07, 6.45) is 3.18. The maximum absolute atomic E-state index is 6.61. The zero-order valence-corrected chi connectivity index (χ0v) is 17.5. The van der Waals surface area contributed by atoms with E-state index in [-0.39, 0.29) is 12.2 Å². The molecule has 0 aromatic heterocycles. The molecule has 0 heterocycles. The Morgan fingerprint density at radius 1 is 0.484 bits per heavy atom. The lowest BCUT2D eigenvalue weighted by Gasteiger charge is -2.25. The van der Waals surface area contributed by atoms with Crippen LogP contribution in [0, 0.1) is 0 Å². The Morgan fingerprint density at radius 3 is 1.23 bits per heavy atom. The van der Waals surface area contributed by atoms with Crippen LogP contribution in [0.1, 0.15) is 23.3 Å². The molecule has 1 heteroatoms. The second-order valence-corrected chi connectivity index (χ2v) is 7.36. The highest BCUT2D eigenvalue weighted by Crippen LogP contribution is 2.37. The number of rotatable bonds is 8. The van der Waals surface area contributed by atoms with Crippen molar-refractivity contribution in [3.63, 3.8) is 0 Å². The Labute approximate surface area is 185 Å². The van der Waals surface area contributed by atoms with Gasteiger partial charge in [-0.05, 0) is 33.4 Å². The smallest absolute Gasteiger partial charge is 0.102 e. The van der Waals surface area contributed by atoms with E-state index in [1.807, 2.05) is 36.4 Å². The molecular weight excluding hydrogens is 376 g/mol. The predicted molar refractivity (Wildman–Crippen MR) is 131 cm³/mol. The van der Waals surface area contributed by atoms with Crippen LogP contribution in [0.15, 0.2) is 135 Å². The van der Waals surface area contributed by atoms with Gasteiger partial charge in [-0.2, -0.15) is 0 Å². The molecule has 0 saturated carbocycles. The summed E-state index contributed by atoms with van der Waals surface area (Å²) in [6.45, 7) is 8.15. The van der Waals surface area contributed by atoms with Gasteiger partial charge in [0.15, 0.2) is 0 Å². The summed E-state index contributed by atoms with van der Waals surface area (Å²) in [4.78, 5) is 0. The predicted octanol–water partition coefficient (Wildman–Crippen LogP) is 8.19. The normalized spacial score (nSPS) is 12.6. The lowest BCUT2D eigenvalue weighted by atomic mass is 9.94. The lowest BCUT2D eigenvalue weighted by molar-refractivity contribution is 0.0409. The highest BCUT2D eigenvalue weighted by Gasteiger charge is 2.20. The van der Waals surface area contributed by atoms with Gasteiger partial charge in [0.25, 0.3) is 0 Å². The van der Waals surface area contributed by atoms with Crippen LogP contribution in [0.5, 0.6) is 0 Å². The van der Waals surface area contributed by atoms with Gasteiger partial charge in [-0.15, -0.1) is 13.2 Å². The minimum absolute atomic E-state index is 0.275. The van der Waals surface area contributed by atoms with Crippen LogP contribution in [0.2, 0.25) is 0 Å². The van der Waals surface area contributed by atoms with Crippen LogP contribution in [0.25, 0.3) is 22.3 Å². The van der Waals surface area contributed by atoms with E-state index in [0.717, 1.165) is 33.4 Å². The van der Waals surface area contributed by atoms with Crippen molar-refractivity contribution in [3.05, 3.63) is 146 Å². The first kappa shape index (κ1) is 20.6. The van der Waals surface area contributed by atoms with E-state index in [4.69, 9.17) is 4.74 Å². The molecule has 0 fully saturated rings. The second kappa shape index (κ2) is 9.88. The first-order valence-corrected chi connectivity index (χ1v) is 10.5. The van der Waals surface area contributed by atoms with Crippen LogP contribution in [-0.4, -0.2) is 0 Å². The average molecular weight is 403 g/mol. The van der Waals surface area contributed by atoms with Gasteiger partial charge in [0.2, 0.25) is 0 Å². The van der Waals surface area contributed by atoms with Crippen molar-refractivity contribution >= 4 is 0 Å². The summed E-state index contributed by atoms with van der Waals surface area (Å²) < 4.78 is 6.61. The minimum Gasteiger partial charge on any atom is -0.357 e. The summed E-state index contributed by atoms with van der Waals surface area (Å²) in [5.74, 6) is 0. The molecule has 1 nitrogen and oxygen atoms in total. The van der Waals surface area contributed by atoms with Crippen molar-refractivity contribution in [1.29, 1.82) is 0 Å². The summed E-state index contributed by atoms with van der Waals surface area (Å²) in [7, 11) is 0. The third-order valence-corrected chi connectivity index (χ3v) is 5.43. The maximum Gasteiger partial charge on any atom is 0.102 e. The average Bonchev–Trinajstić information content (AvgIpc) is 2.86. The fourth-order valence-electron chi connectivity index (χ4n) is 3.92. The van der Waals surface area contributed by atoms with Crippen LogP contribution in [0.4, 0.5) is 0 Å². The minimum atomic E-state index is -0.275. The van der Waals surface area contributed by atoms with Crippen LogP contribution in [0.3, 0.4) is 0 Å². The number of hydrogen-bond acceptors (Lipinski definition) is 1. The molecule has 31 heavy (non-hydrogen) atoms. The van der Waals surface area contributed by atoms with E-state index in [0.29, 0.717) is 0 Å². The van der Waals surface area contributed by atoms with Crippen molar-refractivity contribution in [3.8, 4) is 22.3 Å². The molecule has 0 aliphatic heterocycles. The van der Waals surface area contributed by atoms with Crippen LogP contribution >= 0.6 is 0 Å². The topological polar surface area (TPSA) is 9.23 Å². The van der Waals surface area contributed by atoms with E-state index < -0.39 is 0 Å². The van der Waals surface area contributed by atoms with E-state index in [2.05, 4.69) is 98.1 Å². The van der Waals surface area contributed by atoms with Crippen LogP contribution < -0.4 is 0 Å². The number of benzene rings is 4. The molecule has 0 saturated heterocycles. The van der Waals surface area contributed by atoms with Gasteiger partial charge in [-0.1, -0.05) is 121 Å². The van der Waals surface area contributed by atoms with Gasteiger partial charge in [0.1, 0.15) is 12.2 Å². The van der Waals surface area contributed by atoms with Crippen LogP contribution in [-0.2, 0) is 4.74 Å². The third-order valence-electron chi connectivity index (χ3n) is 5.43. The number of hydrogen-bond donors (Lipinski definition) is 0. The molecule has 0 radical (unpaired) electrons. The van der Waals surface area contributed by atoms with Gasteiger partial charge >= 0.3 is 0 Å². The Morgan fingerprint density at radius 2 is 0.839 bits per heavy atom. The summed E-state index contributed by atoms with van der Waals surface area (Å²) in [5.41, 5.74) is 6.79. The fourth-order valence-corrected chi connectivity index (χ4v) is 3.92. The van der Waals surface area contributed by atoms with Crippen molar-refractivity contribution in [2.45, 2.75) is 12.2 Å². The monoisotopic (exact) mass is 402 g/mol. The zero-order chi connectivity index (χ0) is 21.5. The molecule has 4 rings (SSSR count). The molecule has 0 spiro atoms. The quantitative estimate of drug-likeness (QED) is 0.270. The second-order valence-electron chi connectivity index (χ2n) is 7.36. The number of ether oxygens (including phenoxy) is 1. The molecule has 0 N–H and O–H groups in total. The van der Waals surface area contributed by atoms with Gasteiger partial charge < -0.3 is 4.74 Å². The molecule has 152 valence electrons. The summed E-state index contributed by atoms with van der Waals surface area (Å²) in [5, 5.41) is 0. The SMILES string of the molecule is C=CC(OC(C=C)c1ccccc1-c1ccccc1)c1ccccc1-c1ccccc1. The molecule has 2 unspecified atom stereocenters. The molecule has 0 bridgehead atoms. The first-order chi connectivity index (χ1) is 15.3. The molecule has 2 atom stereocenters. The van der Waals surface area contributed by atoms with E-state index in [1.165, 1.54) is 0 Å². The van der Waals surface area contributed by atoms with Gasteiger partial charge in [0.05, 0.1) is 0 Å². The maximum atomic E-state index is 6.61. The zero-order valence-electron chi connectivity index (χ0n) is 17.5. The molecular formula is C30H26O. The van der Waals surface area contributed by atoms with E-state index in [9.17, 15) is 0 Å². The highest BCUT2D eigenvalue weighted by atomic mass is 16.5. The van der Waals surface area contributed by atoms with Crippen molar-refractivity contribution in [2.24, 2.45) is 0 Å². The summed E-state index contributed by atoms with van der Waals surface area (Å²) >= 11 is 0. The van der Waals surface area contributed by atoms with Crippen molar-refractivity contribution < 1.29 is 4.74 Å². The first-order valence-electron chi connectivity index (χ1n) is 10.5. The Bertz CT molecular complexity index is 1050. The Kier molecular flexibility index (Phi) is 6.56. The lowest BCUT2D eigenvalue weighted by Crippen LogP contribution is -2.09. The summed E-state index contributed by atoms with van der Waals surface area (Å²) in [6, 6.07) is 37.4. The highest BCUT2D eigenvalue weighted by molar-refractivity contribution is 5.69. The van der Waals surface area contributed by atoms with E-state index >= 15 is 0 Å². The van der Waals surface area contributed by atoms with E-state index in [1.54, 1.807) is 0 Å². The molecule has 4 aromatic rings. The molecule has 0 aliphatic rings. The third kappa shape index (κ3) is 4.58. The van der Waals surface area contributed by atoms with Gasteiger partial charge in [-0.25, -0.2) is 0 Å². The Balaban J connectivity index is 1.71. The van der Waals surface area contributed by atoms with Gasteiger partial charge in [-0.3, -0.25) is 0 Å². The Hall–Kier alpha value is -3.68.